The number of hydrogen-bond acceptors (Lipinski definition) is 1. The van der Waals surface area contributed by atoms with E-state index >= 15 is 0 Å². The molecule has 0 spiro atoms. The summed E-state index contributed by atoms with van der Waals surface area (Å²) in [5.41, 5.74) is 1.23. The quantitative estimate of drug-likeness (QED) is 0.345. The molecule has 0 atom stereocenters. The Hall–Kier alpha value is -1.51. The standard InChI is InChI=1S/C13H9Cl2NO/c14-11-6-10(7-12(15)8-11)9-16(17)13-4-2-1-3-5-13/h1-9H. The molecule has 17 heavy (non-hydrogen) atoms. The lowest BCUT2D eigenvalue weighted by atomic mass is 10.2. The molecule has 0 saturated heterocycles. The maximum atomic E-state index is 11.8. The second-order valence-electron chi connectivity index (χ2n) is 3.49. The van der Waals surface area contributed by atoms with Gasteiger partial charge in [-0.1, -0.05) is 41.4 Å². The molecule has 2 aromatic rings. The van der Waals surface area contributed by atoms with Crippen molar-refractivity contribution in [3.63, 3.8) is 0 Å². The lowest BCUT2D eigenvalue weighted by Gasteiger charge is -2.03. The van der Waals surface area contributed by atoms with E-state index in [2.05, 4.69) is 0 Å². The second kappa shape index (κ2) is 5.21. The van der Waals surface area contributed by atoms with Gasteiger partial charge in [0.1, 0.15) is 0 Å². The molecule has 0 heterocycles. The van der Waals surface area contributed by atoms with Gasteiger partial charge in [-0.15, -0.1) is 0 Å². The molecule has 2 rings (SSSR count). The summed E-state index contributed by atoms with van der Waals surface area (Å²) in [5.74, 6) is 0. The van der Waals surface area contributed by atoms with Gasteiger partial charge in [-0.2, -0.15) is 4.74 Å². The Kier molecular flexibility index (Phi) is 3.67. The van der Waals surface area contributed by atoms with Crippen LogP contribution >= 0.6 is 23.2 Å². The van der Waals surface area contributed by atoms with Crippen LogP contribution in [0.3, 0.4) is 0 Å². The summed E-state index contributed by atoms with van der Waals surface area (Å²) in [6.45, 7) is 0. The molecule has 0 amide bonds. The van der Waals surface area contributed by atoms with E-state index < -0.39 is 0 Å². The molecule has 0 fully saturated rings. The molecule has 0 aliphatic heterocycles. The average molecular weight is 266 g/mol. The number of halogens is 2. The highest BCUT2D eigenvalue weighted by Crippen LogP contribution is 2.18. The van der Waals surface area contributed by atoms with Gasteiger partial charge in [0.05, 0.1) is 0 Å². The molecule has 0 unspecified atom stereocenters. The van der Waals surface area contributed by atoms with Crippen LogP contribution in [0.2, 0.25) is 10.0 Å². The van der Waals surface area contributed by atoms with Crippen LogP contribution in [-0.4, -0.2) is 11.0 Å². The molecule has 2 aromatic carbocycles. The number of hydrogen-bond donors (Lipinski definition) is 0. The van der Waals surface area contributed by atoms with E-state index in [-0.39, 0.29) is 0 Å². The summed E-state index contributed by atoms with van der Waals surface area (Å²) in [6, 6.07) is 13.9. The monoisotopic (exact) mass is 265 g/mol. The van der Waals surface area contributed by atoms with Crippen molar-refractivity contribution in [3.8, 4) is 0 Å². The molecule has 0 aliphatic rings. The molecule has 0 N–H and O–H groups in total. The van der Waals surface area contributed by atoms with Gasteiger partial charge >= 0.3 is 0 Å². The van der Waals surface area contributed by atoms with Gasteiger partial charge in [0.15, 0.2) is 6.21 Å². The first-order valence-electron chi connectivity index (χ1n) is 4.97. The van der Waals surface area contributed by atoms with Crippen LogP contribution in [0.1, 0.15) is 5.56 Å². The van der Waals surface area contributed by atoms with Crippen molar-refractivity contribution < 1.29 is 4.74 Å². The zero-order valence-electron chi connectivity index (χ0n) is 8.81. The molecule has 0 radical (unpaired) electrons. The van der Waals surface area contributed by atoms with Crippen molar-refractivity contribution >= 4 is 35.1 Å². The van der Waals surface area contributed by atoms with Gasteiger partial charge < -0.3 is 5.21 Å². The zero-order chi connectivity index (χ0) is 12.3. The predicted molar refractivity (Wildman–Crippen MR) is 71.4 cm³/mol. The predicted octanol–water partition coefficient (Wildman–Crippen LogP) is 4.25. The van der Waals surface area contributed by atoms with Crippen molar-refractivity contribution in [2.45, 2.75) is 0 Å². The van der Waals surface area contributed by atoms with Crippen LogP contribution in [0.25, 0.3) is 0 Å². The first-order valence-corrected chi connectivity index (χ1v) is 5.73. The van der Waals surface area contributed by atoms with E-state index in [4.69, 9.17) is 23.2 Å². The van der Waals surface area contributed by atoms with Crippen LogP contribution in [0.5, 0.6) is 0 Å². The molecule has 4 heteroatoms. The van der Waals surface area contributed by atoms with Crippen molar-refractivity contribution in [1.29, 1.82) is 0 Å². The van der Waals surface area contributed by atoms with Crippen LogP contribution in [-0.2, 0) is 0 Å². The molecular formula is C13H9Cl2NO. The third kappa shape index (κ3) is 3.22. The number of para-hydroxylation sites is 1. The third-order valence-electron chi connectivity index (χ3n) is 2.16. The first-order chi connectivity index (χ1) is 8.15. The lowest BCUT2D eigenvalue weighted by Crippen LogP contribution is -1.98. The van der Waals surface area contributed by atoms with Crippen molar-refractivity contribution in [2.24, 2.45) is 0 Å². The fraction of sp³-hybridized carbons (Fsp3) is 0. The highest BCUT2D eigenvalue weighted by atomic mass is 35.5. The summed E-state index contributed by atoms with van der Waals surface area (Å²) in [4.78, 5) is 0. The smallest absolute Gasteiger partial charge is 0.216 e. The first kappa shape index (κ1) is 12.0. The maximum absolute atomic E-state index is 11.8. The minimum atomic E-state index is 0.505. The van der Waals surface area contributed by atoms with E-state index in [9.17, 15) is 5.21 Å². The molecule has 0 saturated carbocycles. The van der Waals surface area contributed by atoms with Gasteiger partial charge in [0, 0.05) is 27.7 Å². The van der Waals surface area contributed by atoms with Gasteiger partial charge in [0.25, 0.3) is 0 Å². The number of rotatable bonds is 2. The Morgan fingerprint density at radius 3 is 2.12 bits per heavy atom. The zero-order valence-corrected chi connectivity index (χ0v) is 10.3. The second-order valence-corrected chi connectivity index (χ2v) is 4.37. The Morgan fingerprint density at radius 1 is 0.941 bits per heavy atom. The molecule has 0 bridgehead atoms. The lowest BCUT2D eigenvalue weighted by molar-refractivity contribution is -0.354. The van der Waals surface area contributed by atoms with E-state index in [1.807, 2.05) is 6.07 Å². The summed E-state index contributed by atoms with van der Waals surface area (Å²) in [7, 11) is 0. The van der Waals surface area contributed by atoms with Crippen LogP contribution < -0.4 is 0 Å². The summed E-state index contributed by atoms with van der Waals surface area (Å²) in [5, 5.41) is 12.8. The summed E-state index contributed by atoms with van der Waals surface area (Å²) < 4.78 is 0.780. The average Bonchev–Trinajstić information content (AvgIpc) is 2.28. The molecule has 86 valence electrons. The Labute approximate surface area is 109 Å². The summed E-state index contributed by atoms with van der Waals surface area (Å²) >= 11 is 11.7. The Bertz CT molecular complexity index is 532. The fourth-order valence-corrected chi connectivity index (χ4v) is 1.98. The van der Waals surface area contributed by atoms with E-state index in [1.54, 1.807) is 42.5 Å². The van der Waals surface area contributed by atoms with Gasteiger partial charge in [-0.3, -0.25) is 0 Å². The van der Waals surface area contributed by atoms with Crippen LogP contribution in [0.4, 0.5) is 5.69 Å². The normalized spacial score (nSPS) is 11.5. The molecule has 0 aromatic heterocycles. The topological polar surface area (TPSA) is 26.1 Å². The van der Waals surface area contributed by atoms with Gasteiger partial charge in [-0.25, -0.2) is 0 Å². The van der Waals surface area contributed by atoms with Crippen molar-refractivity contribution in [1.82, 2.24) is 0 Å². The molecular weight excluding hydrogens is 257 g/mol. The van der Waals surface area contributed by atoms with E-state index in [0.29, 0.717) is 21.3 Å². The van der Waals surface area contributed by atoms with E-state index in [1.165, 1.54) is 6.21 Å². The number of nitrogens with zero attached hydrogens (tertiary/aromatic N) is 1. The highest BCUT2D eigenvalue weighted by molar-refractivity contribution is 6.35. The molecule has 0 aliphatic carbocycles. The SMILES string of the molecule is [O-][N+](=Cc1cc(Cl)cc(Cl)c1)c1ccccc1. The largest absolute Gasteiger partial charge is 0.618 e. The van der Waals surface area contributed by atoms with Gasteiger partial charge in [0.2, 0.25) is 5.69 Å². The van der Waals surface area contributed by atoms with Crippen molar-refractivity contribution in [2.75, 3.05) is 0 Å². The van der Waals surface area contributed by atoms with Crippen molar-refractivity contribution in [3.05, 3.63) is 69.3 Å². The van der Waals surface area contributed by atoms with Crippen LogP contribution in [0, 0.1) is 5.21 Å². The third-order valence-corrected chi connectivity index (χ3v) is 2.60. The van der Waals surface area contributed by atoms with Crippen LogP contribution in [0.15, 0.2) is 48.5 Å². The Balaban J connectivity index is 2.36. The van der Waals surface area contributed by atoms with E-state index in [0.717, 1.165) is 4.74 Å². The minimum Gasteiger partial charge on any atom is -0.618 e. The fourth-order valence-electron chi connectivity index (χ4n) is 1.43. The highest BCUT2D eigenvalue weighted by Gasteiger charge is 2.02. The Morgan fingerprint density at radius 2 is 1.53 bits per heavy atom. The maximum Gasteiger partial charge on any atom is 0.216 e. The number of benzene rings is 2. The molecule has 2 nitrogen and oxygen atoms in total. The van der Waals surface area contributed by atoms with Gasteiger partial charge in [-0.05, 0) is 18.2 Å². The summed E-state index contributed by atoms with van der Waals surface area (Å²) in [6.07, 6.45) is 1.44. The minimum absolute atomic E-state index is 0.505.